The summed E-state index contributed by atoms with van der Waals surface area (Å²) in [6, 6.07) is 11.1. The van der Waals surface area contributed by atoms with E-state index in [-0.39, 0.29) is 11.3 Å². The zero-order chi connectivity index (χ0) is 19.0. The summed E-state index contributed by atoms with van der Waals surface area (Å²) in [7, 11) is 0. The average Bonchev–Trinajstić information content (AvgIpc) is 2.99. The van der Waals surface area contributed by atoms with Gasteiger partial charge in [0.1, 0.15) is 0 Å². The molecule has 1 N–H and O–H groups in total. The fourth-order valence-electron chi connectivity index (χ4n) is 5.34. The van der Waals surface area contributed by atoms with Crippen LogP contribution in [0.4, 0.5) is 5.95 Å². The van der Waals surface area contributed by atoms with Crippen LogP contribution in [0.5, 0.6) is 0 Å². The Morgan fingerprint density at radius 3 is 2.57 bits per heavy atom. The molecule has 0 bridgehead atoms. The van der Waals surface area contributed by atoms with Crippen LogP contribution in [0.3, 0.4) is 0 Å². The molecular weight excluding hydrogens is 348 g/mol. The van der Waals surface area contributed by atoms with Gasteiger partial charge in [0.15, 0.2) is 0 Å². The van der Waals surface area contributed by atoms with Gasteiger partial charge in [-0.1, -0.05) is 24.3 Å². The SMILES string of the molecule is O=C(C[C@@H]1CC2(CCN(c3ncccn3)CC2)c2ccccc21)NC1CCC1. The first kappa shape index (κ1) is 17.7. The molecule has 146 valence electrons. The summed E-state index contributed by atoms with van der Waals surface area (Å²) in [6.07, 6.45) is 11.1. The molecular formula is C23H28N4O. The van der Waals surface area contributed by atoms with Crippen molar-refractivity contribution < 1.29 is 4.79 Å². The number of fused-ring (bicyclic) bond motifs is 2. The number of hydrogen-bond acceptors (Lipinski definition) is 4. The summed E-state index contributed by atoms with van der Waals surface area (Å²) >= 11 is 0. The van der Waals surface area contributed by atoms with Crippen molar-refractivity contribution in [1.29, 1.82) is 0 Å². The second-order valence-corrected chi connectivity index (χ2v) is 8.70. The van der Waals surface area contributed by atoms with Gasteiger partial charge in [-0.2, -0.15) is 0 Å². The summed E-state index contributed by atoms with van der Waals surface area (Å²) in [5.74, 6) is 1.41. The van der Waals surface area contributed by atoms with Gasteiger partial charge in [-0.05, 0) is 67.1 Å². The van der Waals surface area contributed by atoms with E-state index in [1.54, 1.807) is 0 Å². The molecule has 0 radical (unpaired) electrons. The number of nitrogens with zero attached hydrogens (tertiary/aromatic N) is 3. The van der Waals surface area contributed by atoms with Crippen molar-refractivity contribution >= 4 is 11.9 Å². The number of amides is 1. The molecule has 1 saturated heterocycles. The quantitative estimate of drug-likeness (QED) is 0.886. The molecule has 1 saturated carbocycles. The molecule has 2 aliphatic carbocycles. The fraction of sp³-hybridized carbons (Fsp3) is 0.522. The molecule has 2 aromatic rings. The van der Waals surface area contributed by atoms with Crippen molar-refractivity contribution in [2.45, 2.75) is 62.3 Å². The molecule has 3 aliphatic rings. The average molecular weight is 377 g/mol. The van der Waals surface area contributed by atoms with Crippen LogP contribution >= 0.6 is 0 Å². The molecule has 1 spiro atoms. The maximum atomic E-state index is 12.6. The minimum Gasteiger partial charge on any atom is -0.353 e. The third kappa shape index (κ3) is 3.17. The topological polar surface area (TPSA) is 58.1 Å². The van der Waals surface area contributed by atoms with Crippen molar-refractivity contribution in [2.24, 2.45) is 0 Å². The normalized spacial score (nSPS) is 23.3. The van der Waals surface area contributed by atoms with Crippen LogP contribution in [0.2, 0.25) is 0 Å². The highest BCUT2D eigenvalue weighted by Gasteiger charge is 2.46. The molecule has 1 aromatic carbocycles. The Kier molecular flexibility index (Phi) is 4.53. The largest absolute Gasteiger partial charge is 0.353 e. The lowest BCUT2D eigenvalue weighted by atomic mass is 9.73. The Balaban J connectivity index is 1.31. The van der Waals surface area contributed by atoms with Gasteiger partial charge in [-0.25, -0.2) is 9.97 Å². The maximum absolute atomic E-state index is 12.6. The Bertz CT molecular complexity index is 841. The van der Waals surface area contributed by atoms with Gasteiger partial charge in [0.25, 0.3) is 0 Å². The molecule has 0 unspecified atom stereocenters. The Morgan fingerprint density at radius 1 is 1.11 bits per heavy atom. The highest BCUT2D eigenvalue weighted by molar-refractivity contribution is 5.77. The number of piperidine rings is 1. The lowest BCUT2D eigenvalue weighted by Crippen LogP contribution is -2.42. The highest BCUT2D eigenvalue weighted by Crippen LogP contribution is 2.52. The first-order valence-corrected chi connectivity index (χ1v) is 10.6. The molecule has 2 heterocycles. The number of aromatic nitrogens is 2. The molecule has 28 heavy (non-hydrogen) atoms. The van der Waals surface area contributed by atoms with Gasteiger partial charge >= 0.3 is 0 Å². The standard InChI is InChI=1S/C23H28N4O/c28-21(26-18-5-3-6-18)15-17-16-23(20-8-2-1-7-19(17)20)9-13-27(14-10-23)22-24-11-4-12-25-22/h1-2,4,7-8,11-12,17-18H,3,5-6,9-10,13-16H2,(H,26,28)/t17-/m1/s1. The number of carbonyl (C=O) groups excluding carboxylic acids is 1. The predicted octanol–water partition coefficient (Wildman–Crippen LogP) is 3.56. The van der Waals surface area contributed by atoms with E-state index in [0.29, 0.717) is 18.4 Å². The monoisotopic (exact) mass is 376 g/mol. The summed E-state index contributed by atoms with van der Waals surface area (Å²) in [6.45, 7) is 1.94. The number of hydrogen-bond donors (Lipinski definition) is 1. The summed E-state index contributed by atoms with van der Waals surface area (Å²) in [5, 5.41) is 3.23. The minimum absolute atomic E-state index is 0.198. The van der Waals surface area contributed by atoms with Crippen LogP contribution in [0, 0.1) is 0 Å². The van der Waals surface area contributed by atoms with Crippen LogP contribution in [0.15, 0.2) is 42.7 Å². The molecule has 5 nitrogen and oxygen atoms in total. The summed E-state index contributed by atoms with van der Waals surface area (Å²) in [5.41, 5.74) is 3.07. The Hall–Kier alpha value is -2.43. The number of carbonyl (C=O) groups is 1. The van der Waals surface area contributed by atoms with Crippen molar-refractivity contribution in [3.05, 3.63) is 53.9 Å². The van der Waals surface area contributed by atoms with E-state index in [2.05, 4.69) is 44.5 Å². The lowest BCUT2D eigenvalue weighted by molar-refractivity contribution is -0.122. The van der Waals surface area contributed by atoms with E-state index >= 15 is 0 Å². The Labute approximate surface area is 166 Å². The predicted molar refractivity (Wildman–Crippen MR) is 109 cm³/mol. The number of nitrogens with one attached hydrogen (secondary N) is 1. The lowest BCUT2D eigenvalue weighted by Gasteiger charge is -2.40. The first-order valence-electron chi connectivity index (χ1n) is 10.6. The first-order chi connectivity index (χ1) is 13.7. The van der Waals surface area contributed by atoms with E-state index < -0.39 is 0 Å². The van der Waals surface area contributed by atoms with Crippen molar-refractivity contribution in [1.82, 2.24) is 15.3 Å². The van der Waals surface area contributed by atoms with Gasteiger partial charge in [0, 0.05) is 37.9 Å². The number of benzene rings is 1. The second kappa shape index (κ2) is 7.19. The van der Waals surface area contributed by atoms with E-state index in [1.807, 2.05) is 18.5 Å². The van der Waals surface area contributed by atoms with E-state index in [9.17, 15) is 4.79 Å². The van der Waals surface area contributed by atoms with Crippen LogP contribution in [0.25, 0.3) is 0 Å². The maximum Gasteiger partial charge on any atom is 0.225 e. The molecule has 1 aliphatic heterocycles. The molecule has 1 amide bonds. The van der Waals surface area contributed by atoms with Gasteiger partial charge < -0.3 is 10.2 Å². The van der Waals surface area contributed by atoms with Gasteiger partial charge in [0.05, 0.1) is 0 Å². The van der Waals surface area contributed by atoms with E-state index in [1.165, 1.54) is 17.5 Å². The van der Waals surface area contributed by atoms with Crippen LogP contribution in [-0.4, -0.2) is 35.0 Å². The molecule has 1 atom stereocenters. The minimum atomic E-state index is 0.198. The zero-order valence-electron chi connectivity index (χ0n) is 16.3. The molecule has 2 fully saturated rings. The zero-order valence-corrected chi connectivity index (χ0v) is 16.3. The fourth-order valence-corrected chi connectivity index (χ4v) is 5.34. The molecule has 5 rings (SSSR count). The van der Waals surface area contributed by atoms with E-state index in [4.69, 9.17) is 0 Å². The van der Waals surface area contributed by atoms with Crippen LogP contribution in [-0.2, 0) is 10.2 Å². The van der Waals surface area contributed by atoms with Gasteiger partial charge in [-0.3, -0.25) is 4.79 Å². The second-order valence-electron chi connectivity index (χ2n) is 8.70. The van der Waals surface area contributed by atoms with Gasteiger partial charge in [0.2, 0.25) is 11.9 Å². The molecule has 5 heteroatoms. The van der Waals surface area contributed by atoms with Gasteiger partial charge in [-0.15, -0.1) is 0 Å². The number of rotatable bonds is 4. The van der Waals surface area contributed by atoms with E-state index in [0.717, 1.165) is 51.1 Å². The van der Waals surface area contributed by atoms with Crippen molar-refractivity contribution in [3.63, 3.8) is 0 Å². The van der Waals surface area contributed by atoms with Crippen molar-refractivity contribution in [2.75, 3.05) is 18.0 Å². The van der Waals surface area contributed by atoms with Crippen molar-refractivity contribution in [3.8, 4) is 0 Å². The smallest absolute Gasteiger partial charge is 0.225 e. The third-order valence-corrected chi connectivity index (χ3v) is 7.07. The van der Waals surface area contributed by atoms with Crippen LogP contribution < -0.4 is 10.2 Å². The Morgan fingerprint density at radius 2 is 1.86 bits per heavy atom. The number of anilines is 1. The molecule has 1 aromatic heterocycles. The third-order valence-electron chi connectivity index (χ3n) is 7.07. The summed E-state index contributed by atoms with van der Waals surface area (Å²) < 4.78 is 0. The van der Waals surface area contributed by atoms with Crippen LogP contribution in [0.1, 0.15) is 62.0 Å². The summed E-state index contributed by atoms with van der Waals surface area (Å²) in [4.78, 5) is 23.7. The highest BCUT2D eigenvalue weighted by atomic mass is 16.1.